The first kappa shape index (κ1) is 29.6. The third-order valence-electron chi connectivity index (χ3n) is 7.50. The topological polar surface area (TPSA) is 75.7 Å². The zero-order valence-electron chi connectivity index (χ0n) is 23.7. The van der Waals surface area contributed by atoms with Gasteiger partial charge < -0.3 is 15.0 Å². The Morgan fingerprint density at radius 1 is 0.837 bits per heavy atom. The fraction of sp³-hybridized carbons (Fsp3) is 0.206. The molecule has 0 saturated carbocycles. The van der Waals surface area contributed by atoms with E-state index in [9.17, 15) is 27.6 Å². The van der Waals surface area contributed by atoms with Gasteiger partial charge in [0, 0.05) is 23.4 Å². The third-order valence-corrected chi connectivity index (χ3v) is 7.50. The summed E-state index contributed by atoms with van der Waals surface area (Å²) in [5.41, 5.74) is 2.10. The number of nitrogens with one attached hydrogen (secondary N) is 1. The number of nitrogens with zero attached hydrogens (tertiary/aromatic N) is 1. The second-order valence-corrected chi connectivity index (χ2v) is 10.7. The van der Waals surface area contributed by atoms with Crippen molar-refractivity contribution in [2.45, 2.75) is 32.6 Å². The molecule has 1 N–H and O–H groups in total. The number of halogens is 3. The highest BCUT2D eigenvalue weighted by Gasteiger charge is 2.39. The number of hydrogen-bond acceptors (Lipinski definition) is 4. The molecule has 1 heterocycles. The molecule has 0 fully saturated rings. The number of rotatable bonds is 7. The van der Waals surface area contributed by atoms with Crippen LogP contribution in [-0.2, 0) is 22.3 Å². The van der Waals surface area contributed by atoms with Crippen molar-refractivity contribution in [3.05, 3.63) is 113 Å². The smallest absolute Gasteiger partial charge is 0.417 e. The molecule has 0 bridgehead atoms. The van der Waals surface area contributed by atoms with Crippen molar-refractivity contribution < 1.29 is 32.3 Å². The molecule has 4 aromatic rings. The number of methoxy groups -OCH3 is 1. The lowest BCUT2D eigenvalue weighted by molar-refractivity contribution is -0.147. The SMILES string of the molecule is COC(=O)C(C(C)C)N1Cc2ccc(-c3ccc(NC(=O)c4ccc(-c5ccccc5)cc4)cc3C(F)(F)F)cc2C1=O. The molecule has 43 heavy (non-hydrogen) atoms. The van der Waals surface area contributed by atoms with Crippen LogP contribution in [0, 0.1) is 5.92 Å². The van der Waals surface area contributed by atoms with Gasteiger partial charge in [0.2, 0.25) is 0 Å². The third kappa shape index (κ3) is 6.02. The molecule has 0 spiro atoms. The average molecular weight is 587 g/mol. The maximum atomic E-state index is 14.3. The van der Waals surface area contributed by atoms with Crippen molar-refractivity contribution in [1.82, 2.24) is 4.90 Å². The molecule has 2 amide bonds. The van der Waals surface area contributed by atoms with Crippen LogP contribution in [0.4, 0.5) is 18.9 Å². The Morgan fingerprint density at radius 3 is 2.12 bits per heavy atom. The van der Waals surface area contributed by atoms with E-state index in [0.29, 0.717) is 11.1 Å². The molecule has 220 valence electrons. The summed E-state index contributed by atoms with van der Waals surface area (Å²) >= 11 is 0. The number of anilines is 1. The van der Waals surface area contributed by atoms with E-state index in [4.69, 9.17) is 4.74 Å². The van der Waals surface area contributed by atoms with Crippen LogP contribution in [0.1, 0.15) is 45.7 Å². The van der Waals surface area contributed by atoms with Gasteiger partial charge in [0.05, 0.1) is 12.7 Å². The number of amides is 2. The van der Waals surface area contributed by atoms with Crippen LogP contribution in [0.15, 0.2) is 91.0 Å². The largest absolute Gasteiger partial charge is 0.467 e. The molecule has 1 aliphatic heterocycles. The normalized spacial score (nSPS) is 13.6. The molecule has 5 rings (SSSR count). The summed E-state index contributed by atoms with van der Waals surface area (Å²) in [5, 5.41) is 2.56. The van der Waals surface area contributed by atoms with Gasteiger partial charge in [-0.2, -0.15) is 13.2 Å². The van der Waals surface area contributed by atoms with Crippen molar-refractivity contribution in [3.8, 4) is 22.3 Å². The molecule has 1 unspecified atom stereocenters. The van der Waals surface area contributed by atoms with E-state index in [1.165, 1.54) is 36.3 Å². The van der Waals surface area contributed by atoms with E-state index in [1.807, 2.05) is 30.3 Å². The minimum absolute atomic E-state index is 0.0190. The summed E-state index contributed by atoms with van der Waals surface area (Å²) in [6.07, 6.45) is -4.74. The highest BCUT2D eigenvalue weighted by atomic mass is 19.4. The second kappa shape index (κ2) is 11.8. The Bertz CT molecular complexity index is 1680. The molecule has 6 nitrogen and oxygen atoms in total. The number of hydrogen-bond donors (Lipinski definition) is 1. The Labute approximate surface area is 247 Å². The van der Waals surface area contributed by atoms with Gasteiger partial charge in [-0.15, -0.1) is 0 Å². The molecule has 0 saturated heterocycles. The van der Waals surface area contributed by atoms with E-state index in [2.05, 4.69) is 5.32 Å². The van der Waals surface area contributed by atoms with E-state index in [0.717, 1.165) is 17.2 Å². The number of carbonyl (C=O) groups excluding carboxylic acids is 3. The van der Waals surface area contributed by atoms with Crippen molar-refractivity contribution in [2.75, 3.05) is 12.4 Å². The summed E-state index contributed by atoms with van der Waals surface area (Å²) in [6.45, 7) is 3.73. The van der Waals surface area contributed by atoms with Gasteiger partial charge in [0.15, 0.2) is 0 Å². The van der Waals surface area contributed by atoms with Crippen LogP contribution >= 0.6 is 0 Å². The number of ether oxygens (including phenoxy) is 1. The van der Waals surface area contributed by atoms with Crippen molar-refractivity contribution in [1.29, 1.82) is 0 Å². The summed E-state index contributed by atoms with van der Waals surface area (Å²) in [5.74, 6) is -1.78. The van der Waals surface area contributed by atoms with E-state index < -0.39 is 35.6 Å². The molecule has 4 aromatic carbocycles. The lowest BCUT2D eigenvalue weighted by Gasteiger charge is -2.28. The Morgan fingerprint density at radius 2 is 1.49 bits per heavy atom. The summed E-state index contributed by atoms with van der Waals surface area (Å²) in [4.78, 5) is 39.9. The van der Waals surface area contributed by atoms with Crippen LogP contribution in [0.2, 0.25) is 0 Å². The minimum atomic E-state index is -4.74. The Kier molecular flexibility index (Phi) is 8.08. The fourth-order valence-electron chi connectivity index (χ4n) is 5.35. The molecule has 0 aromatic heterocycles. The van der Waals surface area contributed by atoms with Gasteiger partial charge in [-0.25, -0.2) is 4.79 Å². The van der Waals surface area contributed by atoms with Crippen LogP contribution < -0.4 is 5.32 Å². The second-order valence-electron chi connectivity index (χ2n) is 10.7. The average Bonchev–Trinajstić information content (AvgIpc) is 3.31. The predicted molar refractivity (Wildman–Crippen MR) is 157 cm³/mol. The highest BCUT2D eigenvalue weighted by molar-refractivity contribution is 6.05. The molecule has 1 atom stereocenters. The maximum absolute atomic E-state index is 14.3. The van der Waals surface area contributed by atoms with Crippen LogP contribution in [0.3, 0.4) is 0 Å². The van der Waals surface area contributed by atoms with Crippen molar-refractivity contribution in [3.63, 3.8) is 0 Å². The van der Waals surface area contributed by atoms with Crippen LogP contribution in [-0.4, -0.2) is 35.8 Å². The highest BCUT2D eigenvalue weighted by Crippen LogP contribution is 2.40. The molecular weight excluding hydrogens is 557 g/mol. The summed E-state index contributed by atoms with van der Waals surface area (Å²) in [6, 6.07) is 23.7. The monoisotopic (exact) mass is 586 g/mol. The summed E-state index contributed by atoms with van der Waals surface area (Å²) < 4.78 is 47.7. The number of benzene rings is 4. The predicted octanol–water partition coefficient (Wildman–Crippen LogP) is 7.45. The van der Waals surface area contributed by atoms with Crippen molar-refractivity contribution >= 4 is 23.5 Å². The first-order chi connectivity index (χ1) is 20.5. The Balaban J connectivity index is 1.41. The van der Waals surface area contributed by atoms with Crippen molar-refractivity contribution in [2.24, 2.45) is 5.92 Å². The maximum Gasteiger partial charge on any atom is 0.417 e. The lowest BCUT2D eigenvalue weighted by atomic mass is 9.95. The minimum Gasteiger partial charge on any atom is -0.467 e. The lowest BCUT2D eigenvalue weighted by Crippen LogP contribution is -2.45. The first-order valence-electron chi connectivity index (χ1n) is 13.7. The van der Waals surface area contributed by atoms with E-state index in [1.54, 1.807) is 44.2 Å². The van der Waals surface area contributed by atoms with Gasteiger partial charge in [-0.3, -0.25) is 9.59 Å². The zero-order valence-corrected chi connectivity index (χ0v) is 23.7. The number of fused-ring (bicyclic) bond motifs is 1. The zero-order chi connectivity index (χ0) is 30.9. The van der Waals surface area contributed by atoms with Gasteiger partial charge >= 0.3 is 12.1 Å². The number of alkyl halides is 3. The molecular formula is C34H29F3N2O4. The molecule has 0 aliphatic carbocycles. The van der Waals surface area contributed by atoms with Crippen LogP contribution in [0.25, 0.3) is 22.3 Å². The van der Waals surface area contributed by atoms with E-state index >= 15 is 0 Å². The fourth-order valence-corrected chi connectivity index (χ4v) is 5.35. The summed E-state index contributed by atoms with van der Waals surface area (Å²) in [7, 11) is 1.25. The van der Waals surface area contributed by atoms with Gasteiger partial charge in [0.1, 0.15) is 6.04 Å². The standard InChI is InChI=1S/C34H29F3N2O4/c1-20(2)30(33(42)43-3)39-19-25-14-13-24(17-28(25)32(39)41)27-16-15-26(18-29(27)34(35,36)37)38-31(40)23-11-9-22(10-12-23)21-7-5-4-6-8-21/h4-18,20,30H,19H2,1-3H3,(H,38,40). The number of carbonyl (C=O) groups is 3. The quantitative estimate of drug-likeness (QED) is 0.228. The van der Waals surface area contributed by atoms with E-state index in [-0.39, 0.29) is 34.8 Å². The van der Waals surface area contributed by atoms with Gasteiger partial charge in [-0.05, 0) is 64.1 Å². The van der Waals surface area contributed by atoms with Gasteiger partial charge in [-0.1, -0.05) is 74.5 Å². The number of esters is 1. The molecule has 9 heteroatoms. The molecule has 0 radical (unpaired) electrons. The van der Waals surface area contributed by atoms with Gasteiger partial charge in [0.25, 0.3) is 11.8 Å². The first-order valence-corrected chi connectivity index (χ1v) is 13.7. The Hall–Kier alpha value is -4.92. The molecule has 1 aliphatic rings. The van der Waals surface area contributed by atoms with Crippen LogP contribution in [0.5, 0.6) is 0 Å².